The molecule has 0 aromatic heterocycles. The molecular weight excluding hydrogens is 324 g/mol. The standard InChI is InChI=1S/C5H5.C4H10N.CH3.2ClH.H2Si.Zr/c1-2-4-5-3-1;1-4(2,3)5;;;;;/h1-3H,4H2;5H,1-3H3;1H3;2*1H;1H2;/q;-1;;;;;+1. The van der Waals surface area contributed by atoms with E-state index in [4.69, 9.17) is 0 Å². The van der Waals surface area contributed by atoms with E-state index in [1.807, 2.05) is 0 Å². The summed E-state index contributed by atoms with van der Waals surface area (Å²) in [7, 11) is 0. The van der Waals surface area contributed by atoms with Crippen molar-refractivity contribution >= 4 is 31.7 Å². The number of hydrogen-bond acceptors (Lipinski definition) is 1. The second kappa shape index (κ2) is 6.76. The van der Waals surface area contributed by atoms with Crippen LogP contribution in [0.25, 0.3) is 0 Å². The molecule has 1 nitrogen and oxygen atoms in total. The largest absolute Gasteiger partial charge is 0.147 e. The van der Waals surface area contributed by atoms with Crippen LogP contribution in [0.2, 0.25) is 4.63 Å². The molecule has 0 amide bonds. The average Bonchev–Trinajstić information content (AvgIpc) is 2.29. The molecule has 15 heavy (non-hydrogen) atoms. The average molecular weight is 347 g/mol. The second-order valence-corrected chi connectivity index (χ2v) is 22.1. The zero-order chi connectivity index (χ0) is 10.1. The van der Waals surface area contributed by atoms with E-state index in [1.54, 1.807) is 3.28 Å². The van der Waals surface area contributed by atoms with Crippen LogP contribution in [0.15, 0.2) is 21.5 Å². The van der Waals surface area contributed by atoms with Gasteiger partial charge in [-0.05, 0) is 0 Å². The Labute approximate surface area is 112 Å². The summed E-state index contributed by atoms with van der Waals surface area (Å²) in [5, 5.41) is 0. The van der Waals surface area contributed by atoms with Gasteiger partial charge in [-0.1, -0.05) is 0 Å². The van der Waals surface area contributed by atoms with Crippen LogP contribution in [0.5, 0.6) is 0 Å². The summed E-state index contributed by atoms with van der Waals surface area (Å²) in [5.41, 5.74) is 0.274. The molecule has 1 N–H and O–H groups in total. The zero-order valence-electron chi connectivity index (χ0n) is 9.96. The van der Waals surface area contributed by atoms with E-state index in [2.05, 4.69) is 53.8 Å². The summed E-state index contributed by atoms with van der Waals surface area (Å²) < 4.78 is 8.02. The fourth-order valence-corrected chi connectivity index (χ4v) is 13.5. The van der Waals surface area contributed by atoms with Gasteiger partial charge in [-0.3, -0.25) is 0 Å². The Morgan fingerprint density at radius 1 is 1.33 bits per heavy atom. The van der Waals surface area contributed by atoms with Crippen molar-refractivity contribution in [2.24, 2.45) is 0 Å². The minimum atomic E-state index is -2.08. The van der Waals surface area contributed by atoms with E-state index in [9.17, 15) is 0 Å². The quantitative estimate of drug-likeness (QED) is 0.758. The predicted octanol–water partition coefficient (Wildman–Crippen LogP) is 2.73. The predicted molar refractivity (Wildman–Crippen MR) is 73.6 cm³/mol. The second-order valence-electron chi connectivity index (χ2n) is 5.03. The number of hydrogen-bond donors (Lipinski definition) is 1. The van der Waals surface area contributed by atoms with E-state index in [1.165, 1.54) is 6.42 Å². The van der Waals surface area contributed by atoms with E-state index < -0.39 is 19.2 Å². The van der Waals surface area contributed by atoms with Gasteiger partial charge in [0.25, 0.3) is 0 Å². The normalized spacial score (nSPS) is 18.5. The molecule has 0 saturated carbocycles. The fourth-order valence-electron chi connectivity index (χ4n) is 1.76. The van der Waals surface area contributed by atoms with Crippen LogP contribution >= 0.6 is 24.8 Å². The Morgan fingerprint density at radius 2 is 1.87 bits per heavy atom. The van der Waals surface area contributed by atoms with Crippen molar-refractivity contribution in [3.63, 3.8) is 0 Å². The Kier molecular flexibility index (Phi) is 8.33. The van der Waals surface area contributed by atoms with Crippen LogP contribution < -0.4 is 3.26 Å². The first-order valence-corrected chi connectivity index (χ1v) is 15.7. The van der Waals surface area contributed by atoms with Crippen LogP contribution in [-0.4, -0.2) is 12.4 Å². The van der Waals surface area contributed by atoms with Gasteiger partial charge in [0.1, 0.15) is 0 Å². The molecule has 1 rings (SSSR count). The van der Waals surface area contributed by atoms with Crippen LogP contribution in [0.3, 0.4) is 0 Å². The molecule has 1 aliphatic rings. The molecule has 0 radical (unpaired) electrons. The maximum atomic E-state index is 3.85. The Morgan fingerprint density at radius 3 is 2.20 bits per heavy atom. The summed E-state index contributed by atoms with van der Waals surface area (Å²) in [6, 6.07) is 0. The topological polar surface area (TPSA) is 12.0 Å². The number of allylic oxidation sites excluding steroid dienone is 4. The molecule has 0 spiro atoms. The molecule has 0 saturated heterocycles. The van der Waals surface area contributed by atoms with Gasteiger partial charge in [0, 0.05) is 0 Å². The first-order chi connectivity index (χ1) is 5.81. The third-order valence-corrected chi connectivity index (χ3v) is 13.5. The van der Waals surface area contributed by atoms with Crippen LogP contribution in [0.1, 0.15) is 27.2 Å². The van der Waals surface area contributed by atoms with Crippen LogP contribution in [-0.2, 0) is 19.2 Å². The first-order valence-electron chi connectivity index (χ1n) is 4.82. The van der Waals surface area contributed by atoms with Crippen LogP contribution in [0.4, 0.5) is 0 Å². The van der Waals surface area contributed by atoms with Gasteiger partial charge in [-0.25, -0.2) is 0 Å². The SMILES string of the molecule is CC(C)(C)[NH][Zr]([CH3])(=[SiH2])[C]1=CC=CC1.Cl.Cl. The van der Waals surface area contributed by atoms with Crippen molar-refractivity contribution in [1.82, 2.24) is 3.26 Å². The van der Waals surface area contributed by atoms with E-state index in [0.717, 1.165) is 0 Å². The molecule has 5 heteroatoms. The summed E-state index contributed by atoms with van der Waals surface area (Å²) in [5.74, 6) is 0. The number of nitrogens with one attached hydrogen (secondary N) is 1. The molecule has 0 heterocycles. The van der Waals surface area contributed by atoms with Crippen molar-refractivity contribution in [2.75, 3.05) is 0 Å². The number of halogens is 2. The molecule has 0 aromatic carbocycles. The molecule has 0 aliphatic heterocycles. The smallest absolute Gasteiger partial charge is 0.147 e. The van der Waals surface area contributed by atoms with Crippen molar-refractivity contribution < 1.29 is 19.2 Å². The van der Waals surface area contributed by atoms with Crippen molar-refractivity contribution in [3.8, 4) is 0 Å². The number of rotatable bonds is 2. The molecule has 0 fully saturated rings. The summed E-state index contributed by atoms with van der Waals surface area (Å²) >= 11 is -2.08. The first kappa shape index (κ1) is 18.5. The van der Waals surface area contributed by atoms with Gasteiger partial charge in [-0.2, -0.15) is 0 Å². The fraction of sp³-hybridized carbons (Fsp3) is 0.600. The third kappa shape index (κ3) is 6.43. The molecule has 1 atom stereocenters. The van der Waals surface area contributed by atoms with Crippen molar-refractivity contribution in [2.45, 2.75) is 37.4 Å². The Bertz CT molecular complexity index is 305. The van der Waals surface area contributed by atoms with E-state index >= 15 is 0 Å². The molecule has 0 bridgehead atoms. The molecule has 89 valence electrons. The summed E-state index contributed by atoms with van der Waals surface area (Å²) in [6.07, 6.45) is 7.98. The van der Waals surface area contributed by atoms with Crippen LogP contribution in [0, 0.1) is 0 Å². The van der Waals surface area contributed by atoms with E-state index in [-0.39, 0.29) is 30.4 Å². The Hall–Kier alpha value is 1.12. The van der Waals surface area contributed by atoms with Crippen molar-refractivity contribution in [3.05, 3.63) is 21.5 Å². The Balaban J connectivity index is 0. The monoisotopic (exact) mass is 344 g/mol. The molecule has 0 aromatic rings. The van der Waals surface area contributed by atoms with Gasteiger partial charge in [0.15, 0.2) is 0 Å². The van der Waals surface area contributed by atoms with Gasteiger partial charge < -0.3 is 0 Å². The molecular formula is C10H22Cl2NSiZr. The molecule has 1 unspecified atom stereocenters. The third-order valence-electron chi connectivity index (χ3n) is 2.13. The van der Waals surface area contributed by atoms with Gasteiger partial charge in [0.2, 0.25) is 0 Å². The minimum absolute atomic E-state index is 0. The van der Waals surface area contributed by atoms with Gasteiger partial charge in [0.05, 0.1) is 0 Å². The van der Waals surface area contributed by atoms with Gasteiger partial charge in [-0.15, -0.1) is 24.8 Å². The zero-order valence-corrected chi connectivity index (χ0v) is 15.5. The maximum absolute atomic E-state index is 3.85. The summed E-state index contributed by atoms with van der Waals surface area (Å²) in [4.78, 5) is 0. The summed E-state index contributed by atoms with van der Waals surface area (Å²) in [6.45, 7) is 9.03. The maximum Gasteiger partial charge on any atom is -0.147 e. The molecule has 1 aliphatic carbocycles. The minimum Gasteiger partial charge on any atom is -0.147 e. The van der Waals surface area contributed by atoms with Crippen molar-refractivity contribution in [1.29, 1.82) is 0 Å². The van der Waals surface area contributed by atoms with Gasteiger partial charge >= 0.3 is 88.2 Å². The van der Waals surface area contributed by atoms with E-state index in [0.29, 0.717) is 0 Å².